The molecule has 4 nitrogen and oxygen atoms in total. The van der Waals surface area contributed by atoms with Crippen LogP contribution in [0, 0.1) is 17.1 Å². The van der Waals surface area contributed by atoms with Gasteiger partial charge >= 0.3 is 0 Å². The zero-order valence-electron chi connectivity index (χ0n) is 9.62. The van der Waals surface area contributed by atoms with Gasteiger partial charge in [-0.25, -0.2) is 4.39 Å². The molecule has 0 saturated heterocycles. The van der Waals surface area contributed by atoms with Gasteiger partial charge in [-0.1, -0.05) is 0 Å². The monoisotopic (exact) mass is 243 g/mol. The minimum Gasteiger partial charge on any atom is -0.355 e. The number of benzene rings is 1. The Morgan fingerprint density at radius 1 is 1.39 bits per heavy atom. The van der Waals surface area contributed by atoms with E-state index in [1.807, 2.05) is 6.07 Å². The lowest BCUT2D eigenvalue weighted by Gasteiger charge is -2.04. The summed E-state index contributed by atoms with van der Waals surface area (Å²) in [5.41, 5.74) is 1.43. The predicted octanol–water partition coefficient (Wildman–Crippen LogP) is 2.05. The summed E-state index contributed by atoms with van der Waals surface area (Å²) < 4.78 is 13.7. The Morgan fingerprint density at radius 2 is 2.17 bits per heavy atom. The highest BCUT2D eigenvalue weighted by Crippen LogP contribution is 2.23. The quantitative estimate of drug-likeness (QED) is 0.847. The maximum absolute atomic E-state index is 13.7. The van der Waals surface area contributed by atoms with E-state index < -0.39 is 5.82 Å². The van der Waals surface area contributed by atoms with Gasteiger partial charge in [-0.15, -0.1) is 0 Å². The number of hydrogen-bond donors (Lipinski definition) is 2. The van der Waals surface area contributed by atoms with Gasteiger partial charge in [0.1, 0.15) is 17.6 Å². The van der Waals surface area contributed by atoms with Crippen LogP contribution >= 0.6 is 0 Å². The van der Waals surface area contributed by atoms with Gasteiger partial charge in [-0.2, -0.15) is 5.26 Å². The summed E-state index contributed by atoms with van der Waals surface area (Å²) in [5.74, 6) is -0.739. The Morgan fingerprint density at radius 3 is 2.78 bits per heavy atom. The zero-order valence-corrected chi connectivity index (χ0v) is 9.62. The molecule has 0 bridgehead atoms. The summed E-state index contributed by atoms with van der Waals surface area (Å²) in [6.45, 7) is 0. The second kappa shape index (κ2) is 4.72. The van der Waals surface area contributed by atoms with E-state index in [1.165, 1.54) is 25.2 Å². The molecule has 90 valence electrons. The number of nitrogens with zero attached hydrogens (tertiary/aromatic N) is 1. The molecule has 0 aliphatic heterocycles. The number of carbonyl (C=O) groups excluding carboxylic acids is 1. The van der Waals surface area contributed by atoms with E-state index in [2.05, 4.69) is 10.3 Å². The minimum atomic E-state index is -0.450. The Labute approximate surface area is 103 Å². The van der Waals surface area contributed by atoms with Gasteiger partial charge in [0, 0.05) is 23.9 Å². The molecule has 0 atom stereocenters. The molecule has 1 amide bonds. The topological polar surface area (TPSA) is 68.7 Å². The van der Waals surface area contributed by atoms with Gasteiger partial charge < -0.3 is 10.3 Å². The first-order valence-corrected chi connectivity index (χ1v) is 5.27. The molecule has 2 rings (SSSR count). The number of aromatic amines is 1. The van der Waals surface area contributed by atoms with Crippen molar-refractivity contribution in [2.75, 3.05) is 7.05 Å². The fourth-order valence-corrected chi connectivity index (χ4v) is 1.63. The Hall–Kier alpha value is -2.61. The molecule has 1 heterocycles. The van der Waals surface area contributed by atoms with Gasteiger partial charge in [0.25, 0.3) is 5.91 Å². The molecule has 5 heteroatoms. The van der Waals surface area contributed by atoms with Crippen LogP contribution in [0.5, 0.6) is 0 Å². The highest BCUT2D eigenvalue weighted by Gasteiger charge is 2.11. The number of hydrogen-bond acceptors (Lipinski definition) is 2. The van der Waals surface area contributed by atoms with Crippen molar-refractivity contribution in [2.24, 2.45) is 0 Å². The number of nitrogens with one attached hydrogen (secondary N) is 2. The van der Waals surface area contributed by atoms with Crippen molar-refractivity contribution >= 4 is 5.91 Å². The van der Waals surface area contributed by atoms with Crippen LogP contribution in [-0.2, 0) is 0 Å². The smallest absolute Gasteiger partial charge is 0.251 e. The molecule has 1 aromatic carbocycles. The van der Waals surface area contributed by atoms with E-state index >= 15 is 0 Å². The number of aromatic nitrogens is 1. The lowest BCUT2D eigenvalue weighted by molar-refractivity contribution is 0.0963. The summed E-state index contributed by atoms with van der Waals surface area (Å²) in [6.07, 6.45) is 0. The van der Waals surface area contributed by atoms with E-state index in [-0.39, 0.29) is 11.5 Å². The molecule has 1 aromatic heterocycles. The fraction of sp³-hybridized carbons (Fsp3) is 0.0769. The average molecular weight is 243 g/mol. The van der Waals surface area contributed by atoms with Crippen molar-refractivity contribution in [1.82, 2.24) is 10.3 Å². The predicted molar refractivity (Wildman–Crippen MR) is 64.3 cm³/mol. The van der Waals surface area contributed by atoms with Crippen molar-refractivity contribution in [1.29, 1.82) is 5.26 Å². The fourth-order valence-electron chi connectivity index (χ4n) is 1.63. The van der Waals surface area contributed by atoms with Gasteiger partial charge in [-0.05, 0) is 30.3 Å². The third kappa shape index (κ3) is 2.09. The molecule has 2 N–H and O–H groups in total. The largest absolute Gasteiger partial charge is 0.355 e. The molecule has 2 aromatic rings. The summed E-state index contributed by atoms with van der Waals surface area (Å²) in [5, 5.41) is 11.2. The molecule has 18 heavy (non-hydrogen) atoms. The van der Waals surface area contributed by atoms with Gasteiger partial charge in [0.15, 0.2) is 0 Å². The van der Waals surface area contributed by atoms with Crippen molar-refractivity contribution in [2.45, 2.75) is 0 Å². The van der Waals surface area contributed by atoms with Crippen molar-refractivity contribution < 1.29 is 9.18 Å². The molecule has 0 aliphatic carbocycles. The lowest BCUT2D eigenvalue weighted by Crippen LogP contribution is -2.17. The molecule has 0 radical (unpaired) electrons. The molecule has 0 fully saturated rings. The van der Waals surface area contributed by atoms with E-state index in [9.17, 15) is 9.18 Å². The molecule has 0 spiro atoms. The second-order valence-electron chi connectivity index (χ2n) is 3.67. The first-order chi connectivity index (χ1) is 8.65. The lowest BCUT2D eigenvalue weighted by atomic mass is 10.1. The summed E-state index contributed by atoms with van der Waals surface area (Å²) in [7, 11) is 1.51. The third-order valence-corrected chi connectivity index (χ3v) is 2.55. The van der Waals surface area contributed by atoms with Crippen LogP contribution in [-0.4, -0.2) is 17.9 Å². The van der Waals surface area contributed by atoms with Crippen LogP contribution in [0.1, 0.15) is 16.1 Å². The minimum absolute atomic E-state index is 0.262. The summed E-state index contributed by atoms with van der Waals surface area (Å²) in [6, 6.07) is 9.17. The van der Waals surface area contributed by atoms with Crippen LogP contribution in [0.3, 0.4) is 0 Å². The maximum Gasteiger partial charge on any atom is 0.251 e. The van der Waals surface area contributed by atoms with Gasteiger partial charge in [-0.3, -0.25) is 4.79 Å². The SMILES string of the molecule is CNC(=O)c1ccc(F)c(-c2ccc(C#N)[nH]2)c1. The number of amides is 1. The molecule has 0 aliphatic rings. The Balaban J connectivity index is 2.50. The highest BCUT2D eigenvalue weighted by atomic mass is 19.1. The maximum atomic E-state index is 13.7. The molecular weight excluding hydrogens is 233 g/mol. The van der Waals surface area contributed by atoms with Crippen LogP contribution < -0.4 is 5.32 Å². The average Bonchev–Trinajstić information content (AvgIpc) is 2.87. The number of halogens is 1. The summed E-state index contributed by atoms with van der Waals surface area (Å²) in [4.78, 5) is 14.2. The van der Waals surface area contributed by atoms with Crippen molar-refractivity contribution in [3.8, 4) is 17.3 Å². The Kier molecular flexibility index (Phi) is 3.11. The van der Waals surface area contributed by atoms with Crippen molar-refractivity contribution in [3.63, 3.8) is 0 Å². The number of carbonyl (C=O) groups is 1. The van der Waals surface area contributed by atoms with Crippen molar-refractivity contribution in [3.05, 3.63) is 47.4 Å². The van der Waals surface area contributed by atoms with Gasteiger partial charge in [0.2, 0.25) is 0 Å². The van der Waals surface area contributed by atoms with Crippen LogP contribution in [0.15, 0.2) is 30.3 Å². The first-order valence-electron chi connectivity index (χ1n) is 5.27. The molecular formula is C13H10FN3O. The third-order valence-electron chi connectivity index (χ3n) is 2.55. The van der Waals surface area contributed by atoms with Crippen LogP contribution in [0.4, 0.5) is 4.39 Å². The van der Waals surface area contributed by atoms with E-state index in [0.29, 0.717) is 17.0 Å². The van der Waals surface area contributed by atoms with E-state index in [0.717, 1.165) is 0 Å². The normalized spacial score (nSPS) is 9.83. The van der Waals surface area contributed by atoms with Crippen LogP contribution in [0.2, 0.25) is 0 Å². The number of rotatable bonds is 2. The Bertz CT molecular complexity index is 640. The second-order valence-corrected chi connectivity index (χ2v) is 3.67. The van der Waals surface area contributed by atoms with E-state index in [1.54, 1.807) is 12.1 Å². The van der Waals surface area contributed by atoms with Gasteiger partial charge in [0.05, 0.1) is 0 Å². The highest BCUT2D eigenvalue weighted by molar-refractivity contribution is 5.95. The first kappa shape index (κ1) is 11.9. The zero-order chi connectivity index (χ0) is 13.1. The number of nitriles is 1. The molecule has 0 saturated carbocycles. The standard InChI is InChI=1S/C13H10FN3O/c1-16-13(18)8-2-4-11(14)10(6-8)12-5-3-9(7-15)17-12/h2-6,17H,1H3,(H,16,18). The summed E-state index contributed by atoms with van der Waals surface area (Å²) >= 11 is 0. The molecule has 0 unspecified atom stereocenters. The van der Waals surface area contributed by atoms with E-state index in [4.69, 9.17) is 5.26 Å². The van der Waals surface area contributed by atoms with Crippen LogP contribution in [0.25, 0.3) is 11.3 Å². The number of H-pyrrole nitrogens is 1.